The first-order valence-corrected chi connectivity index (χ1v) is 10.4. The predicted octanol–water partition coefficient (Wildman–Crippen LogP) is 4.26. The zero-order chi connectivity index (χ0) is 21.9. The van der Waals surface area contributed by atoms with E-state index in [1.165, 1.54) is 24.3 Å². The van der Waals surface area contributed by atoms with Crippen LogP contribution >= 0.6 is 0 Å². The van der Waals surface area contributed by atoms with Gasteiger partial charge >= 0.3 is 0 Å². The lowest BCUT2D eigenvalue weighted by Crippen LogP contribution is -2.16. The normalized spacial score (nSPS) is 11.0. The number of non-ortho nitro benzene ring substituents is 1. The van der Waals surface area contributed by atoms with Crippen molar-refractivity contribution < 1.29 is 18.1 Å². The highest BCUT2D eigenvalue weighted by Gasteiger charge is 2.19. The summed E-state index contributed by atoms with van der Waals surface area (Å²) in [6.07, 6.45) is 0. The lowest BCUT2D eigenvalue weighted by atomic mass is 10.1. The van der Waals surface area contributed by atoms with Crippen LogP contribution in [0.3, 0.4) is 0 Å². The third kappa shape index (κ3) is 4.81. The van der Waals surface area contributed by atoms with Gasteiger partial charge < -0.3 is 5.32 Å². The van der Waals surface area contributed by atoms with Crippen LogP contribution in [0.25, 0.3) is 0 Å². The van der Waals surface area contributed by atoms with E-state index in [4.69, 9.17) is 0 Å². The van der Waals surface area contributed by atoms with Crippen molar-refractivity contribution in [3.05, 3.63) is 93.5 Å². The minimum absolute atomic E-state index is 0.0147. The van der Waals surface area contributed by atoms with Crippen molar-refractivity contribution in [3.63, 3.8) is 0 Å². The second-order valence-electron chi connectivity index (χ2n) is 6.72. The Hall–Kier alpha value is -3.72. The highest BCUT2D eigenvalue weighted by atomic mass is 32.2. The Labute approximate surface area is 173 Å². The van der Waals surface area contributed by atoms with E-state index < -0.39 is 20.9 Å². The van der Waals surface area contributed by atoms with E-state index in [9.17, 15) is 23.3 Å². The second-order valence-corrected chi connectivity index (χ2v) is 8.37. The Kier molecular flexibility index (Phi) is 5.84. The van der Waals surface area contributed by atoms with Crippen molar-refractivity contribution in [3.8, 4) is 0 Å². The monoisotopic (exact) mass is 425 g/mol. The molecule has 0 saturated carbocycles. The number of nitrogens with one attached hydrogen (secondary N) is 2. The summed E-state index contributed by atoms with van der Waals surface area (Å²) in [7, 11) is -3.89. The van der Waals surface area contributed by atoms with E-state index in [1.807, 2.05) is 13.0 Å². The van der Waals surface area contributed by atoms with Gasteiger partial charge in [-0.1, -0.05) is 24.3 Å². The quantitative estimate of drug-likeness (QED) is 0.452. The van der Waals surface area contributed by atoms with Crippen LogP contribution in [-0.2, 0) is 10.0 Å². The predicted molar refractivity (Wildman–Crippen MR) is 114 cm³/mol. The fourth-order valence-corrected chi connectivity index (χ4v) is 4.17. The molecule has 0 radical (unpaired) electrons. The van der Waals surface area contributed by atoms with Gasteiger partial charge in [0, 0.05) is 29.1 Å². The number of carbonyl (C=O) groups excluding carboxylic acids is 1. The molecule has 0 fully saturated rings. The first-order valence-electron chi connectivity index (χ1n) is 8.92. The molecule has 0 unspecified atom stereocenters. The van der Waals surface area contributed by atoms with E-state index in [-0.39, 0.29) is 21.8 Å². The Morgan fingerprint density at radius 3 is 2.37 bits per heavy atom. The number of benzene rings is 3. The second kappa shape index (κ2) is 8.34. The standard InChI is InChI=1S/C21H19N3O5S/c1-14-5-3-7-18(11-14)23-30(28,29)20-13-17(10-9-15(20)2)22-21(25)16-6-4-8-19(12-16)24(26)27/h3-13,23H,1-2H3,(H,22,25). The maximum Gasteiger partial charge on any atom is 0.270 e. The van der Waals surface area contributed by atoms with Crippen LogP contribution in [0.5, 0.6) is 0 Å². The van der Waals surface area contributed by atoms with Gasteiger partial charge in [-0.25, -0.2) is 8.42 Å². The van der Waals surface area contributed by atoms with Gasteiger partial charge in [0.05, 0.1) is 9.82 Å². The first-order chi connectivity index (χ1) is 14.2. The minimum atomic E-state index is -3.89. The Balaban J connectivity index is 1.87. The molecule has 0 heterocycles. The van der Waals surface area contributed by atoms with Gasteiger partial charge in [0.25, 0.3) is 21.6 Å². The van der Waals surface area contributed by atoms with Gasteiger partial charge in [0.15, 0.2) is 0 Å². The third-order valence-electron chi connectivity index (χ3n) is 4.32. The Morgan fingerprint density at radius 2 is 1.67 bits per heavy atom. The van der Waals surface area contributed by atoms with Crippen molar-refractivity contribution in [2.45, 2.75) is 18.7 Å². The molecule has 3 rings (SSSR count). The molecular formula is C21H19N3O5S. The molecule has 0 aliphatic carbocycles. The van der Waals surface area contributed by atoms with Crippen LogP contribution in [0.15, 0.2) is 71.6 Å². The lowest BCUT2D eigenvalue weighted by Gasteiger charge is -2.13. The van der Waals surface area contributed by atoms with Gasteiger partial charge in [0.2, 0.25) is 0 Å². The van der Waals surface area contributed by atoms with Crippen LogP contribution in [0.4, 0.5) is 17.1 Å². The first kappa shape index (κ1) is 21.0. The zero-order valence-corrected chi connectivity index (χ0v) is 17.1. The molecule has 0 spiro atoms. The largest absolute Gasteiger partial charge is 0.322 e. The molecule has 3 aromatic rings. The molecular weight excluding hydrogens is 406 g/mol. The molecule has 3 aromatic carbocycles. The number of hydrogen-bond donors (Lipinski definition) is 2. The van der Waals surface area contributed by atoms with Gasteiger partial charge in [-0.2, -0.15) is 0 Å². The summed E-state index contributed by atoms with van der Waals surface area (Å²) in [4.78, 5) is 22.8. The third-order valence-corrected chi connectivity index (χ3v) is 5.85. The number of carbonyl (C=O) groups is 1. The molecule has 154 valence electrons. The van der Waals surface area contributed by atoms with Crippen molar-refractivity contribution >= 4 is 33.0 Å². The van der Waals surface area contributed by atoms with Gasteiger partial charge in [-0.15, -0.1) is 0 Å². The fraction of sp³-hybridized carbons (Fsp3) is 0.0952. The van der Waals surface area contributed by atoms with Crippen molar-refractivity contribution in [1.29, 1.82) is 0 Å². The number of sulfonamides is 1. The maximum atomic E-state index is 12.9. The number of amides is 1. The highest BCUT2D eigenvalue weighted by molar-refractivity contribution is 7.92. The number of nitrogens with zero attached hydrogens (tertiary/aromatic N) is 1. The summed E-state index contributed by atoms with van der Waals surface area (Å²) in [6.45, 7) is 3.50. The zero-order valence-electron chi connectivity index (χ0n) is 16.2. The average molecular weight is 425 g/mol. The molecule has 1 amide bonds. The SMILES string of the molecule is Cc1cccc(NS(=O)(=O)c2cc(NC(=O)c3cccc([N+](=O)[O-])c3)ccc2C)c1. The molecule has 0 aliphatic rings. The number of nitro groups is 1. The molecule has 0 saturated heterocycles. The van der Waals surface area contributed by atoms with E-state index in [0.717, 1.165) is 11.6 Å². The molecule has 0 aromatic heterocycles. The molecule has 2 N–H and O–H groups in total. The van der Waals surface area contributed by atoms with Gasteiger partial charge in [-0.3, -0.25) is 19.6 Å². The summed E-state index contributed by atoms with van der Waals surface area (Å²) in [5, 5.41) is 13.5. The Bertz CT molecular complexity index is 1240. The van der Waals surface area contributed by atoms with Crippen molar-refractivity contribution in [2.24, 2.45) is 0 Å². The molecule has 30 heavy (non-hydrogen) atoms. The van der Waals surface area contributed by atoms with Crippen LogP contribution in [0.1, 0.15) is 21.5 Å². The number of hydrogen-bond acceptors (Lipinski definition) is 5. The van der Waals surface area contributed by atoms with E-state index in [2.05, 4.69) is 10.0 Å². The summed E-state index contributed by atoms with van der Waals surface area (Å²) in [6, 6.07) is 16.7. The molecule has 0 aliphatic heterocycles. The van der Waals surface area contributed by atoms with E-state index in [0.29, 0.717) is 11.3 Å². The summed E-state index contributed by atoms with van der Waals surface area (Å²) < 4.78 is 28.3. The number of nitro benzene ring substituents is 1. The molecule has 9 heteroatoms. The number of aryl methyl sites for hydroxylation is 2. The molecule has 8 nitrogen and oxygen atoms in total. The van der Waals surface area contributed by atoms with Crippen LogP contribution < -0.4 is 10.0 Å². The summed E-state index contributed by atoms with van der Waals surface area (Å²) >= 11 is 0. The Morgan fingerprint density at radius 1 is 0.933 bits per heavy atom. The van der Waals surface area contributed by atoms with Crippen LogP contribution in [-0.4, -0.2) is 19.2 Å². The molecule has 0 atom stereocenters. The summed E-state index contributed by atoms with van der Waals surface area (Å²) in [5.41, 5.74) is 1.97. The van der Waals surface area contributed by atoms with Gasteiger partial charge in [0.1, 0.15) is 0 Å². The lowest BCUT2D eigenvalue weighted by molar-refractivity contribution is -0.384. The van der Waals surface area contributed by atoms with Gasteiger partial charge in [-0.05, 0) is 55.3 Å². The van der Waals surface area contributed by atoms with Crippen LogP contribution in [0.2, 0.25) is 0 Å². The topological polar surface area (TPSA) is 118 Å². The highest BCUT2D eigenvalue weighted by Crippen LogP contribution is 2.24. The fourth-order valence-electron chi connectivity index (χ4n) is 2.85. The van der Waals surface area contributed by atoms with Crippen molar-refractivity contribution in [1.82, 2.24) is 0 Å². The average Bonchev–Trinajstić information content (AvgIpc) is 2.69. The maximum absolute atomic E-state index is 12.9. The summed E-state index contributed by atoms with van der Waals surface area (Å²) in [5.74, 6) is -0.586. The number of anilines is 2. The van der Waals surface area contributed by atoms with E-state index in [1.54, 1.807) is 37.3 Å². The number of rotatable bonds is 6. The smallest absolute Gasteiger partial charge is 0.270 e. The van der Waals surface area contributed by atoms with Crippen molar-refractivity contribution in [2.75, 3.05) is 10.0 Å². The molecule has 0 bridgehead atoms. The van der Waals surface area contributed by atoms with Crippen LogP contribution in [0, 0.1) is 24.0 Å². The minimum Gasteiger partial charge on any atom is -0.322 e. The van der Waals surface area contributed by atoms with E-state index >= 15 is 0 Å².